The Kier molecular flexibility index (Phi) is 5.29. The van der Waals surface area contributed by atoms with Gasteiger partial charge in [0.05, 0.1) is 13.2 Å². The molecule has 1 fully saturated rings. The maximum absolute atomic E-state index is 12.0. The number of ether oxygens (including phenoxy) is 2. The highest BCUT2D eigenvalue weighted by molar-refractivity contribution is 5.68. The van der Waals surface area contributed by atoms with Gasteiger partial charge in [0.15, 0.2) is 0 Å². The maximum Gasteiger partial charge on any atom is 0.407 e. The molecule has 0 saturated carbocycles. The van der Waals surface area contributed by atoms with Crippen molar-refractivity contribution in [2.45, 2.75) is 44.8 Å². The molecule has 5 nitrogen and oxygen atoms in total. The van der Waals surface area contributed by atoms with Crippen LogP contribution in [0.2, 0.25) is 0 Å². The van der Waals surface area contributed by atoms with E-state index in [0.29, 0.717) is 0 Å². The third kappa shape index (κ3) is 4.63. The molecule has 1 heterocycles. The summed E-state index contributed by atoms with van der Waals surface area (Å²) in [5.41, 5.74) is 0.727. The fraction of sp³-hybridized carbons (Fsp3) is 0.588. The standard InChI is InChI=1S/C17H26N2O3/c1-17(2,3)22-16(20)19-15-11-18-10-9-14(15)12-5-7-13(21-4)8-6-12/h5-8,14-15,18H,9-11H2,1-4H3,(H,19,20)/t14?,15-/m0/s1. The van der Waals surface area contributed by atoms with Gasteiger partial charge < -0.3 is 20.1 Å². The molecule has 0 aliphatic carbocycles. The normalized spacial score (nSPS) is 22.0. The van der Waals surface area contributed by atoms with Crippen molar-refractivity contribution in [2.75, 3.05) is 20.2 Å². The molecule has 2 atom stereocenters. The number of carbonyl (C=O) groups excluding carboxylic acids is 1. The van der Waals surface area contributed by atoms with Crippen LogP contribution in [0, 0.1) is 0 Å². The number of piperidine rings is 1. The SMILES string of the molecule is COc1ccc(C2CCNC[C@@H]2NC(=O)OC(C)(C)C)cc1. The van der Waals surface area contributed by atoms with Gasteiger partial charge in [-0.25, -0.2) is 4.79 Å². The lowest BCUT2D eigenvalue weighted by atomic mass is 9.86. The maximum atomic E-state index is 12.0. The topological polar surface area (TPSA) is 59.6 Å². The zero-order valence-corrected chi connectivity index (χ0v) is 13.8. The number of rotatable bonds is 3. The van der Waals surface area contributed by atoms with Crippen LogP contribution in [0.1, 0.15) is 38.7 Å². The minimum absolute atomic E-state index is 0.0250. The molecule has 0 spiro atoms. The average molecular weight is 306 g/mol. The fourth-order valence-electron chi connectivity index (χ4n) is 2.72. The number of nitrogens with one attached hydrogen (secondary N) is 2. The van der Waals surface area contributed by atoms with Crippen LogP contribution in [-0.4, -0.2) is 37.9 Å². The number of alkyl carbamates (subject to hydrolysis) is 1. The predicted molar refractivity (Wildman–Crippen MR) is 86.4 cm³/mol. The first-order chi connectivity index (χ1) is 10.4. The van der Waals surface area contributed by atoms with E-state index in [4.69, 9.17) is 9.47 Å². The number of benzene rings is 1. The second kappa shape index (κ2) is 7.01. The highest BCUT2D eigenvalue weighted by Crippen LogP contribution is 2.27. The van der Waals surface area contributed by atoms with E-state index in [0.717, 1.165) is 25.3 Å². The molecule has 0 radical (unpaired) electrons. The van der Waals surface area contributed by atoms with Crippen LogP contribution >= 0.6 is 0 Å². The van der Waals surface area contributed by atoms with Crippen molar-refractivity contribution in [3.63, 3.8) is 0 Å². The predicted octanol–water partition coefficient (Wildman–Crippen LogP) is 2.67. The van der Waals surface area contributed by atoms with Gasteiger partial charge in [-0.15, -0.1) is 0 Å². The molecule has 1 aliphatic heterocycles. The van der Waals surface area contributed by atoms with Gasteiger partial charge in [-0.3, -0.25) is 0 Å². The Hall–Kier alpha value is -1.75. The molecule has 1 aliphatic rings. The van der Waals surface area contributed by atoms with Crippen LogP contribution in [0.15, 0.2) is 24.3 Å². The van der Waals surface area contributed by atoms with Crippen LogP contribution in [0.25, 0.3) is 0 Å². The molecule has 5 heteroatoms. The number of hydrogen-bond donors (Lipinski definition) is 2. The molecule has 1 amide bonds. The highest BCUT2D eigenvalue weighted by Gasteiger charge is 2.29. The van der Waals surface area contributed by atoms with Crippen LogP contribution in [0.5, 0.6) is 5.75 Å². The van der Waals surface area contributed by atoms with Gasteiger partial charge in [0.25, 0.3) is 0 Å². The first-order valence-corrected chi connectivity index (χ1v) is 7.73. The molecule has 0 aromatic heterocycles. The van der Waals surface area contributed by atoms with E-state index in [1.54, 1.807) is 7.11 Å². The molecule has 1 unspecified atom stereocenters. The van der Waals surface area contributed by atoms with Crippen molar-refractivity contribution in [2.24, 2.45) is 0 Å². The second-order valence-corrected chi connectivity index (χ2v) is 6.63. The lowest BCUT2D eigenvalue weighted by molar-refractivity contribution is 0.0489. The second-order valence-electron chi connectivity index (χ2n) is 6.63. The summed E-state index contributed by atoms with van der Waals surface area (Å²) in [5, 5.41) is 6.33. The van der Waals surface area contributed by atoms with E-state index in [1.807, 2.05) is 32.9 Å². The van der Waals surface area contributed by atoms with Crippen molar-refractivity contribution in [1.29, 1.82) is 0 Å². The molecule has 22 heavy (non-hydrogen) atoms. The molecule has 2 N–H and O–H groups in total. The fourth-order valence-corrected chi connectivity index (χ4v) is 2.72. The number of hydrogen-bond acceptors (Lipinski definition) is 4. The lowest BCUT2D eigenvalue weighted by Gasteiger charge is -2.33. The van der Waals surface area contributed by atoms with Crippen molar-refractivity contribution in [1.82, 2.24) is 10.6 Å². The monoisotopic (exact) mass is 306 g/mol. The van der Waals surface area contributed by atoms with E-state index < -0.39 is 5.60 Å². The summed E-state index contributed by atoms with van der Waals surface area (Å²) in [7, 11) is 1.66. The molecule has 2 rings (SSSR count). The van der Waals surface area contributed by atoms with Gasteiger partial charge in [-0.2, -0.15) is 0 Å². The Morgan fingerprint density at radius 2 is 1.95 bits per heavy atom. The first kappa shape index (κ1) is 16.6. The Labute approximate surface area is 132 Å². The van der Waals surface area contributed by atoms with Crippen molar-refractivity contribution in [3.05, 3.63) is 29.8 Å². The molecule has 1 aromatic carbocycles. The molecular formula is C17H26N2O3. The quantitative estimate of drug-likeness (QED) is 0.901. The van der Waals surface area contributed by atoms with Gasteiger partial charge in [-0.1, -0.05) is 12.1 Å². The third-order valence-corrected chi connectivity index (χ3v) is 3.73. The third-order valence-electron chi connectivity index (χ3n) is 3.73. The van der Waals surface area contributed by atoms with Crippen LogP contribution in [-0.2, 0) is 4.74 Å². The Balaban J connectivity index is 2.05. The highest BCUT2D eigenvalue weighted by atomic mass is 16.6. The largest absolute Gasteiger partial charge is 0.497 e. The minimum Gasteiger partial charge on any atom is -0.497 e. The van der Waals surface area contributed by atoms with Gasteiger partial charge >= 0.3 is 6.09 Å². The summed E-state index contributed by atoms with van der Waals surface area (Å²) >= 11 is 0. The van der Waals surface area contributed by atoms with Crippen LogP contribution < -0.4 is 15.4 Å². The summed E-state index contributed by atoms with van der Waals surface area (Å²) in [6, 6.07) is 8.08. The lowest BCUT2D eigenvalue weighted by Crippen LogP contribution is -2.51. The molecule has 122 valence electrons. The van der Waals surface area contributed by atoms with Gasteiger partial charge in [0.1, 0.15) is 11.4 Å². The summed E-state index contributed by atoms with van der Waals surface area (Å²) in [6.07, 6.45) is 0.618. The zero-order chi connectivity index (χ0) is 16.2. The molecule has 1 saturated heterocycles. The van der Waals surface area contributed by atoms with Crippen molar-refractivity contribution < 1.29 is 14.3 Å². The zero-order valence-electron chi connectivity index (χ0n) is 13.8. The number of amides is 1. The summed E-state index contributed by atoms with van der Waals surface area (Å²) in [5.74, 6) is 1.12. The summed E-state index contributed by atoms with van der Waals surface area (Å²) in [6.45, 7) is 7.30. The molecular weight excluding hydrogens is 280 g/mol. The Morgan fingerprint density at radius 1 is 1.27 bits per heavy atom. The Morgan fingerprint density at radius 3 is 2.55 bits per heavy atom. The smallest absolute Gasteiger partial charge is 0.407 e. The van der Waals surface area contributed by atoms with Gasteiger partial charge in [0.2, 0.25) is 0 Å². The molecule has 0 bridgehead atoms. The van der Waals surface area contributed by atoms with Crippen molar-refractivity contribution in [3.8, 4) is 5.75 Å². The van der Waals surface area contributed by atoms with Gasteiger partial charge in [-0.05, 0) is 51.4 Å². The van der Waals surface area contributed by atoms with E-state index >= 15 is 0 Å². The summed E-state index contributed by atoms with van der Waals surface area (Å²) < 4.78 is 10.6. The Bertz CT molecular complexity index is 494. The summed E-state index contributed by atoms with van der Waals surface area (Å²) in [4.78, 5) is 12.0. The number of carbonyl (C=O) groups is 1. The minimum atomic E-state index is -0.484. The first-order valence-electron chi connectivity index (χ1n) is 7.73. The van der Waals surface area contributed by atoms with E-state index in [1.165, 1.54) is 5.56 Å². The molecule has 1 aromatic rings. The average Bonchev–Trinajstić information content (AvgIpc) is 2.46. The van der Waals surface area contributed by atoms with Crippen LogP contribution in [0.4, 0.5) is 4.79 Å². The number of methoxy groups -OCH3 is 1. The van der Waals surface area contributed by atoms with Crippen LogP contribution in [0.3, 0.4) is 0 Å². The van der Waals surface area contributed by atoms with E-state index in [2.05, 4.69) is 22.8 Å². The van der Waals surface area contributed by atoms with E-state index in [-0.39, 0.29) is 18.1 Å². The van der Waals surface area contributed by atoms with E-state index in [9.17, 15) is 4.79 Å². The van der Waals surface area contributed by atoms with Crippen molar-refractivity contribution >= 4 is 6.09 Å². The van der Waals surface area contributed by atoms with Gasteiger partial charge in [0, 0.05) is 12.5 Å².